The zero-order chi connectivity index (χ0) is 11.4. The number of nitrogens with one attached hydrogen (secondary N) is 1. The summed E-state index contributed by atoms with van der Waals surface area (Å²) in [5.74, 6) is 0. The van der Waals surface area contributed by atoms with Gasteiger partial charge in [-0.2, -0.15) is 0 Å². The van der Waals surface area contributed by atoms with E-state index in [1.807, 2.05) is 0 Å². The van der Waals surface area contributed by atoms with Crippen LogP contribution in [0.4, 0.5) is 11.4 Å². The highest BCUT2D eigenvalue weighted by atomic mass is 79.9. The van der Waals surface area contributed by atoms with Crippen molar-refractivity contribution in [2.75, 3.05) is 11.9 Å². The third kappa shape index (κ3) is 3.17. The number of aliphatic hydroxyl groups is 1. The van der Waals surface area contributed by atoms with Crippen molar-refractivity contribution in [3.05, 3.63) is 32.8 Å². The molecule has 6 heteroatoms. The molecule has 0 spiro atoms. The van der Waals surface area contributed by atoms with Gasteiger partial charge in [-0.05, 0) is 19.1 Å². The van der Waals surface area contributed by atoms with Crippen LogP contribution in [0.2, 0.25) is 0 Å². The van der Waals surface area contributed by atoms with Gasteiger partial charge < -0.3 is 10.4 Å². The van der Waals surface area contributed by atoms with Gasteiger partial charge in [-0.3, -0.25) is 10.1 Å². The highest BCUT2D eigenvalue weighted by molar-refractivity contribution is 9.10. The van der Waals surface area contributed by atoms with E-state index in [2.05, 4.69) is 21.2 Å². The lowest BCUT2D eigenvalue weighted by Gasteiger charge is -2.12. The molecule has 1 aromatic rings. The van der Waals surface area contributed by atoms with Gasteiger partial charge in [0, 0.05) is 16.6 Å². The van der Waals surface area contributed by atoms with E-state index in [-0.39, 0.29) is 18.3 Å². The normalized spacial score (nSPS) is 12.2. The fraction of sp³-hybridized carbons (Fsp3) is 0.333. The van der Waals surface area contributed by atoms with Crippen molar-refractivity contribution < 1.29 is 10.0 Å². The Kier molecular flexibility index (Phi) is 4.05. The highest BCUT2D eigenvalue weighted by Crippen LogP contribution is 2.28. The van der Waals surface area contributed by atoms with Crippen molar-refractivity contribution in [1.82, 2.24) is 0 Å². The van der Waals surface area contributed by atoms with Gasteiger partial charge in [0.15, 0.2) is 0 Å². The molecule has 1 unspecified atom stereocenters. The first-order valence-electron chi connectivity index (χ1n) is 4.36. The molecule has 0 saturated carbocycles. The SMILES string of the molecule is CC(CO)Nc1ccc(Br)cc1[N+](=O)[O-]. The predicted molar refractivity (Wildman–Crippen MR) is 61.0 cm³/mol. The fourth-order valence-corrected chi connectivity index (χ4v) is 1.44. The van der Waals surface area contributed by atoms with Gasteiger partial charge in [-0.1, -0.05) is 15.9 Å². The minimum absolute atomic E-state index is 0.00956. The van der Waals surface area contributed by atoms with Gasteiger partial charge in [0.25, 0.3) is 5.69 Å². The third-order valence-electron chi connectivity index (χ3n) is 1.83. The Bertz CT molecular complexity index is 370. The maximum Gasteiger partial charge on any atom is 0.293 e. The summed E-state index contributed by atoms with van der Waals surface area (Å²) >= 11 is 3.17. The molecule has 0 aromatic heterocycles. The minimum Gasteiger partial charge on any atom is -0.394 e. The maximum atomic E-state index is 10.7. The highest BCUT2D eigenvalue weighted by Gasteiger charge is 2.15. The molecule has 1 rings (SSSR count). The number of rotatable bonds is 4. The van der Waals surface area contributed by atoms with E-state index < -0.39 is 4.92 Å². The first-order valence-corrected chi connectivity index (χ1v) is 5.15. The molecule has 0 bridgehead atoms. The Hall–Kier alpha value is -1.14. The number of aliphatic hydroxyl groups excluding tert-OH is 1. The molecule has 1 atom stereocenters. The van der Waals surface area contributed by atoms with Crippen LogP contribution in [-0.2, 0) is 0 Å². The van der Waals surface area contributed by atoms with E-state index in [1.165, 1.54) is 6.07 Å². The average molecular weight is 275 g/mol. The molecule has 1 aromatic carbocycles. The summed E-state index contributed by atoms with van der Waals surface area (Å²) < 4.78 is 0.649. The van der Waals surface area contributed by atoms with Crippen LogP contribution in [0.1, 0.15) is 6.92 Å². The Morgan fingerprint density at radius 3 is 2.87 bits per heavy atom. The summed E-state index contributed by atoms with van der Waals surface area (Å²) in [6.45, 7) is 1.67. The van der Waals surface area contributed by atoms with Crippen LogP contribution in [0.25, 0.3) is 0 Å². The second kappa shape index (κ2) is 5.09. The van der Waals surface area contributed by atoms with Crippen LogP contribution in [0.5, 0.6) is 0 Å². The molecule has 0 radical (unpaired) electrons. The van der Waals surface area contributed by atoms with E-state index in [1.54, 1.807) is 19.1 Å². The lowest BCUT2D eigenvalue weighted by Crippen LogP contribution is -2.19. The molecule has 0 aliphatic carbocycles. The van der Waals surface area contributed by atoms with Crippen LogP contribution < -0.4 is 5.32 Å². The van der Waals surface area contributed by atoms with Crippen molar-refractivity contribution in [2.24, 2.45) is 0 Å². The number of benzene rings is 1. The summed E-state index contributed by atoms with van der Waals surface area (Å²) in [7, 11) is 0. The molecule has 0 amide bonds. The van der Waals surface area contributed by atoms with Gasteiger partial charge >= 0.3 is 0 Å². The molecule has 15 heavy (non-hydrogen) atoms. The molecule has 2 N–H and O–H groups in total. The van der Waals surface area contributed by atoms with Crippen molar-refractivity contribution in [3.8, 4) is 0 Å². The largest absolute Gasteiger partial charge is 0.394 e. The fourth-order valence-electron chi connectivity index (χ4n) is 1.09. The van der Waals surface area contributed by atoms with Crippen molar-refractivity contribution in [2.45, 2.75) is 13.0 Å². The molecule has 0 aliphatic rings. The van der Waals surface area contributed by atoms with Crippen molar-refractivity contribution in [1.29, 1.82) is 0 Å². The average Bonchev–Trinajstić information content (AvgIpc) is 2.20. The van der Waals surface area contributed by atoms with Gasteiger partial charge in [-0.25, -0.2) is 0 Å². The summed E-state index contributed by atoms with van der Waals surface area (Å²) in [6.07, 6.45) is 0. The minimum atomic E-state index is -0.461. The Morgan fingerprint density at radius 1 is 1.67 bits per heavy atom. The van der Waals surface area contributed by atoms with Crippen molar-refractivity contribution in [3.63, 3.8) is 0 Å². The first-order chi connectivity index (χ1) is 7.04. The molecule has 0 heterocycles. The molecule has 0 saturated heterocycles. The quantitative estimate of drug-likeness (QED) is 0.652. The Balaban J connectivity index is 3.01. The monoisotopic (exact) mass is 274 g/mol. The number of anilines is 1. The smallest absolute Gasteiger partial charge is 0.293 e. The van der Waals surface area contributed by atoms with Crippen LogP contribution in [-0.4, -0.2) is 22.7 Å². The lowest BCUT2D eigenvalue weighted by molar-refractivity contribution is -0.384. The van der Waals surface area contributed by atoms with Crippen LogP contribution in [0.3, 0.4) is 0 Å². The van der Waals surface area contributed by atoms with E-state index in [9.17, 15) is 10.1 Å². The van der Waals surface area contributed by atoms with Gasteiger partial charge in [0.2, 0.25) is 0 Å². The number of hydrogen-bond donors (Lipinski definition) is 2. The van der Waals surface area contributed by atoms with Gasteiger partial charge in [0.05, 0.1) is 11.5 Å². The van der Waals surface area contributed by atoms with Crippen LogP contribution in [0.15, 0.2) is 22.7 Å². The summed E-state index contributed by atoms with van der Waals surface area (Å²) in [4.78, 5) is 10.3. The molecular formula is C9H11BrN2O3. The van der Waals surface area contributed by atoms with E-state index in [0.717, 1.165) is 0 Å². The third-order valence-corrected chi connectivity index (χ3v) is 2.33. The summed E-state index contributed by atoms with van der Waals surface area (Å²) in [6, 6.07) is 4.52. The van der Waals surface area contributed by atoms with Crippen molar-refractivity contribution >= 4 is 27.3 Å². The summed E-state index contributed by atoms with van der Waals surface area (Å²) in [5.41, 5.74) is 0.398. The lowest BCUT2D eigenvalue weighted by atomic mass is 10.2. The molecule has 82 valence electrons. The molecule has 0 aliphatic heterocycles. The zero-order valence-corrected chi connectivity index (χ0v) is 9.69. The van der Waals surface area contributed by atoms with E-state index in [4.69, 9.17) is 5.11 Å². The predicted octanol–water partition coefficient (Wildman–Crippen LogP) is 2.15. The number of halogens is 1. The molecule has 0 fully saturated rings. The number of hydrogen-bond acceptors (Lipinski definition) is 4. The number of nitro groups is 1. The Morgan fingerprint density at radius 2 is 2.33 bits per heavy atom. The first kappa shape index (κ1) is 11.9. The zero-order valence-electron chi connectivity index (χ0n) is 8.11. The maximum absolute atomic E-state index is 10.7. The second-order valence-corrected chi connectivity index (χ2v) is 4.06. The van der Waals surface area contributed by atoms with Crippen LogP contribution >= 0.6 is 15.9 Å². The second-order valence-electron chi connectivity index (χ2n) is 3.15. The standard InChI is InChI=1S/C9H11BrN2O3/c1-6(5-13)11-8-3-2-7(10)4-9(8)12(14)15/h2-4,6,11,13H,5H2,1H3. The summed E-state index contributed by atoms with van der Waals surface area (Å²) in [5, 5.41) is 22.4. The van der Waals surface area contributed by atoms with E-state index in [0.29, 0.717) is 10.2 Å². The van der Waals surface area contributed by atoms with Gasteiger partial charge in [-0.15, -0.1) is 0 Å². The van der Waals surface area contributed by atoms with Gasteiger partial charge in [0.1, 0.15) is 5.69 Å². The topological polar surface area (TPSA) is 75.4 Å². The number of nitrogens with zero attached hydrogens (tertiary/aromatic N) is 1. The van der Waals surface area contributed by atoms with Crippen LogP contribution in [0, 0.1) is 10.1 Å². The Labute approximate surface area is 95.4 Å². The molecular weight excluding hydrogens is 264 g/mol. The van der Waals surface area contributed by atoms with E-state index >= 15 is 0 Å². The number of nitro benzene ring substituents is 1. The molecule has 5 nitrogen and oxygen atoms in total.